The minimum absolute atomic E-state index is 0.491. The Morgan fingerprint density at radius 1 is 1.18 bits per heavy atom. The Kier molecular flexibility index (Phi) is 3.82. The van der Waals surface area contributed by atoms with E-state index >= 15 is 0 Å². The third kappa shape index (κ3) is 2.95. The van der Waals surface area contributed by atoms with Crippen LogP contribution in [-0.2, 0) is 19.1 Å². The molecule has 9 heteroatoms. The van der Waals surface area contributed by atoms with Gasteiger partial charge in [-0.2, -0.15) is 0 Å². The standard InChI is InChI=1S/C8H9ClFNO4S2/c1-11(2)17(14,15)8-4-3-6(5-7(8)10)16(9,12)13/h3-5H,1-2H3. The van der Waals surface area contributed by atoms with Crippen LogP contribution in [0.2, 0.25) is 0 Å². The first kappa shape index (κ1) is 14.4. The lowest BCUT2D eigenvalue weighted by Crippen LogP contribution is -2.23. The molecule has 0 fully saturated rings. The van der Waals surface area contributed by atoms with Crippen LogP contribution in [-0.4, -0.2) is 35.2 Å². The van der Waals surface area contributed by atoms with Crippen LogP contribution in [0.3, 0.4) is 0 Å². The summed E-state index contributed by atoms with van der Waals surface area (Å²) in [4.78, 5) is -1.10. The number of sulfonamides is 1. The molecule has 0 amide bonds. The summed E-state index contributed by atoms with van der Waals surface area (Å²) >= 11 is 0. The van der Waals surface area contributed by atoms with Crippen molar-refractivity contribution in [3.05, 3.63) is 24.0 Å². The Morgan fingerprint density at radius 2 is 1.71 bits per heavy atom. The number of rotatable bonds is 3. The van der Waals surface area contributed by atoms with Crippen molar-refractivity contribution in [2.75, 3.05) is 14.1 Å². The number of hydrogen-bond acceptors (Lipinski definition) is 4. The van der Waals surface area contributed by atoms with Gasteiger partial charge < -0.3 is 0 Å². The molecule has 0 saturated carbocycles. The zero-order valence-corrected chi connectivity index (χ0v) is 11.3. The second-order valence-corrected chi connectivity index (χ2v) is 8.00. The van der Waals surface area contributed by atoms with E-state index in [0.717, 1.165) is 16.4 Å². The van der Waals surface area contributed by atoms with E-state index in [-0.39, 0.29) is 0 Å². The predicted octanol–water partition coefficient (Wildman–Crippen LogP) is 1.00. The van der Waals surface area contributed by atoms with Crippen molar-refractivity contribution in [1.82, 2.24) is 4.31 Å². The molecule has 17 heavy (non-hydrogen) atoms. The fraction of sp³-hybridized carbons (Fsp3) is 0.250. The topological polar surface area (TPSA) is 71.5 Å². The van der Waals surface area contributed by atoms with Gasteiger partial charge in [0.05, 0.1) is 4.90 Å². The SMILES string of the molecule is CN(C)S(=O)(=O)c1ccc(S(=O)(=O)Cl)cc1F. The smallest absolute Gasteiger partial charge is 0.207 e. The fourth-order valence-electron chi connectivity index (χ4n) is 1.04. The minimum Gasteiger partial charge on any atom is -0.207 e. The molecule has 0 aliphatic heterocycles. The van der Waals surface area contributed by atoms with Crippen molar-refractivity contribution in [2.45, 2.75) is 9.79 Å². The molecule has 5 nitrogen and oxygen atoms in total. The molecule has 1 rings (SSSR count). The highest BCUT2D eigenvalue weighted by Crippen LogP contribution is 2.22. The zero-order chi connectivity index (χ0) is 13.4. The molecule has 0 radical (unpaired) electrons. The van der Waals surface area contributed by atoms with Gasteiger partial charge in [0.25, 0.3) is 9.05 Å². The summed E-state index contributed by atoms with van der Waals surface area (Å²) in [6.45, 7) is 0. The van der Waals surface area contributed by atoms with Crippen molar-refractivity contribution in [3.8, 4) is 0 Å². The monoisotopic (exact) mass is 301 g/mol. The van der Waals surface area contributed by atoms with Gasteiger partial charge in [-0.3, -0.25) is 0 Å². The molecule has 0 spiro atoms. The third-order valence-corrected chi connectivity index (χ3v) is 5.14. The first-order chi connectivity index (χ1) is 7.56. The number of halogens is 2. The van der Waals surface area contributed by atoms with Gasteiger partial charge in [0.15, 0.2) is 0 Å². The lowest BCUT2D eigenvalue weighted by Gasteiger charge is -2.12. The molecule has 0 aliphatic carbocycles. The Balaban J connectivity index is 3.45. The van der Waals surface area contributed by atoms with Crippen LogP contribution in [0.1, 0.15) is 0 Å². The Labute approximate surface area is 103 Å². The average molecular weight is 302 g/mol. The molecule has 0 unspecified atom stereocenters. The van der Waals surface area contributed by atoms with Gasteiger partial charge in [0.2, 0.25) is 10.0 Å². The lowest BCUT2D eigenvalue weighted by molar-refractivity contribution is 0.507. The summed E-state index contributed by atoms with van der Waals surface area (Å²) in [5, 5.41) is 0. The summed E-state index contributed by atoms with van der Waals surface area (Å²) in [5.74, 6) is -1.17. The van der Waals surface area contributed by atoms with Gasteiger partial charge in [-0.1, -0.05) is 0 Å². The predicted molar refractivity (Wildman–Crippen MR) is 60.3 cm³/mol. The Morgan fingerprint density at radius 3 is 2.06 bits per heavy atom. The maximum Gasteiger partial charge on any atom is 0.261 e. The van der Waals surface area contributed by atoms with Crippen molar-refractivity contribution >= 4 is 29.8 Å². The van der Waals surface area contributed by atoms with E-state index in [1.807, 2.05) is 0 Å². The van der Waals surface area contributed by atoms with E-state index in [9.17, 15) is 21.2 Å². The van der Waals surface area contributed by atoms with Crippen LogP contribution >= 0.6 is 10.7 Å². The van der Waals surface area contributed by atoms with E-state index < -0.39 is 34.7 Å². The molecule has 1 aromatic carbocycles. The highest BCUT2D eigenvalue weighted by Gasteiger charge is 2.23. The van der Waals surface area contributed by atoms with Gasteiger partial charge in [0, 0.05) is 24.8 Å². The van der Waals surface area contributed by atoms with E-state index in [2.05, 4.69) is 0 Å². The van der Waals surface area contributed by atoms with Gasteiger partial charge in [-0.05, 0) is 18.2 Å². The fourth-order valence-corrected chi connectivity index (χ4v) is 2.74. The van der Waals surface area contributed by atoms with E-state index in [4.69, 9.17) is 10.7 Å². The van der Waals surface area contributed by atoms with Crippen LogP contribution in [0.25, 0.3) is 0 Å². The van der Waals surface area contributed by atoms with E-state index in [1.165, 1.54) is 14.1 Å². The first-order valence-corrected chi connectivity index (χ1v) is 7.98. The molecular weight excluding hydrogens is 293 g/mol. The molecule has 1 aromatic rings. The summed E-state index contributed by atoms with van der Waals surface area (Å²) in [5.41, 5.74) is 0. The summed E-state index contributed by atoms with van der Waals surface area (Å²) in [6.07, 6.45) is 0. The molecular formula is C8H9ClFNO4S2. The molecule has 0 aromatic heterocycles. The number of hydrogen-bond donors (Lipinski definition) is 0. The molecule has 0 aliphatic rings. The number of benzene rings is 1. The van der Waals surface area contributed by atoms with Gasteiger partial charge in [-0.15, -0.1) is 0 Å². The second kappa shape index (κ2) is 4.52. The van der Waals surface area contributed by atoms with Crippen LogP contribution < -0.4 is 0 Å². The van der Waals surface area contributed by atoms with Gasteiger partial charge >= 0.3 is 0 Å². The van der Waals surface area contributed by atoms with E-state index in [1.54, 1.807) is 0 Å². The normalized spacial score (nSPS) is 13.0. The summed E-state index contributed by atoms with van der Waals surface area (Å²) in [6, 6.07) is 2.36. The van der Waals surface area contributed by atoms with Crippen LogP contribution in [0.15, 0.2) is 28.0 Å². The first-order valence-electron chi connectivity index (χ1n) is 4.23. The Bertz CT molecular complexity index is 639. The molecule has 0 saturated heterocycles. The highest BCUT2D eigenvalue weighted by molar-refractivity contribution is 8.13. The molecule has 0 bridgehead atoms. The molecule has 0 heterocycles. The van der Waals surface area contributed by atoms with Crippen molar-refractivity contribution in [2.24, 2.45) is 0 Å². The zero-order valence-electron chi connectivity index (χ0n) is 8.88. The second-order valence-electron chi connectivity index (χ2n) is 3.32. The molecule has 0 atom stereocenters. The van der Waals surface area contributed by atoms with Gasteiger partial charge in [0.1, 0.15) is 10.7 Å². The van der Waals surface area contributed by atoms with Gasteiger partial charge in [-0.25, -0.2) is 25.5 Å². The Hall–Kier alpha value is -0.700. The van der Waals surface area contributed by atoms with Crippen LogP contribution in [0.5, 0.6) is 0 Å². The largest absolute Gasteiger partial charge is 0.261 e. The van der Waals surface area contributed by atoms with Crippen molar-refractivity contribution in [3.63, 3.8) is 0 Å². The number of nitrogens with zero attached hydrogens (tertiary/aromatic N) is 1. The minimum atomic E-state index is -4.08. The average Bonchev–Trinajstić information content (AvgIpc) is 2.15. The maximum absolute atomic E-state index is 13.5. The molecule has 96 valence electrons. The lowest BCUT2D eigenvalue weighted by atomic mass is 10.3. The maximum atomic E-state index is 13.5. The van der Waals surface area contributed by atoms with Crippen molar-refractivity contribution in [1.29, 1.82) is 0 Å². The summed E-state index contributed by atoms with van der Waals surface area (Å²) < 4.78 is 59.4. The highest BCUT2D eigenvalue weighted by atomic mass is 35.7. The van der Waals surface area contributed by atoms with Crippen molar-refractivity contribution < 1.29 is 21.2 Å². The third-order valence-electron chi connectivity index (χ3n) is 1.94. The van der Waals surface area contributed by atoms with Crippen LogP contribution in [0.4, 0.5) is 4.39 Å². The van der Waals surface area contributed by atoms with E-state index in [0.29, 0.717) is 6.07 Å². The summed E-state index contributed by atoms with van der Waals surface area (Å²) in [7, 11) is -0.554. The van der Waals surface area contributed by atoms with Crippen LogP contribution in [0, 0.1) is 5.82 Å². The quantitative estimate of drug-likeness (QED) is 0.781. The molecule has 0 N–H and O–H groups in total.